The Balaban J connectivity index is 1.82. The van der Waals surface area contributed by atoms with Crippen LogP contribution in [-0.2, 0) is 4.79 Å². The van der Waals surface area contributed by atoms with Gasteiger partial charge in [0, 0.05) is 23.2 Å². The number of halogens is 1. The van der Waals surface area contributed by atoms with Crippen molar-refractivity contribution in [3.05, 3.63) is 28.7 Å². The topological polar surface area (TPSA) is 44.4 Å². The van der Waals surface area contributed by atoms with Crippen molar-refractivity contribution < 1.29 is 4.79 Å². The molecule has 2 N–H and O–H groups in total. The van der Waals surface area contributed by atoms with E-state index in [-0.39, 0.29) is 12.5 Å². The van der Waals surface area contributed by atoms with E-state index in [9.17, 15) is 4.79 Å². The van der Waals surface area contributed by atoms with Crippen molar-refractivity contribution >= 4 is 44.9 Å². The molecule has 2 rings (SSSR count). The summed E-state index contributed by atoms with van der Waals surface area (Å²) in [6.45, 7) is 0.274. The third-order valence-electron chi connectivity index (χ3n) is 2.75. The summed E-state index contributed by atoms with van der Waals surface area (Å²) >= 11 is 8.67. The predicted octanol–water partition coefficient (Wildman–Crippen LogP) is 2.36. The van der Waals surface area contributed by atoms with Crippen molar-refractivity contribution in [1.82, 2.24) is 10.2 Å². The van der Waals surface area contributed by atoms with Crippen molar-refractivity contribution in [3.8, 4) is 0 Å². The second-order valence-corrected chi connectivity index (χ2v) is 5.94. The lowest BCUT2D eigenvalue weighted by molar-refractivity contribution is -0.121. The van der Waals surface area contributed by atoms with E-state index in [1.807, 2.05) is 24.3 Å². The van der Waals surface area contributed by atoms with Crippen LogP contribution in [0.5, 0.6) is 0 Å². The van der Waals surface area contributed by atoms with Crippen molar-refractivity contribution in [1.29, 1.82) is 0 Å². The first-order chi connectivity index (χ1) is 9.04. The van der Waals surface area contributed by atoms with Crippen LogP contribution in [0.25, 0.3) is 0 Å². The summed E-state index contributed by atoms with van der Waals surface area (Å²) in [4.78, 5) is 13.4. The quantitative estimate of drug-likeness (QED) is 0.825. The fourth-order valence-electron chi connectivity index (χ4n) is 1.57. The van der Waals surface area contributed by atoms with Gasteiger partial charge in [-0.25, -0.2) is 0 Å². The molecule has 1 fully saturated rings. The number of hydrogen-bond acceptors (Lipinski definition) is 2. The summed E-state index contributed by atoms with van der Waals surface area (Å²) in [5.74, 6) is 0.0170. The number of carbonyl (C=O) groups excluding carboxylic acids is 1. The summed E-state index contributed by atoms with van der Waals surface area (Å²) in [6.07, 6.45) is 2.19. The van der Waals surface area contributed by atoms with E-state index in [1.165, 1.54) is 0 Å². The lowest BCUT2D eigenvalue weighted by atomic mass is 10.3. The largest absolute Gasteiger partial charge is 0.352 e. The molecule has 19 heavy (non-hydrogen) atoms. The number of hydrogen-bond donors (Lipinski definition) is 2. The Bertz CT molecular complexity index is 491. The van der Waals surface area contributed by atoms with Crippen LogP contribution in [0.4, 0.5) is 5.69 Å². The highest BCUT2D eigenvalue weighted by Crippen LogP contribution is 2.18. The molecule has 6 heteroatoms. The van der Waals surface area contributed by atoms with Crippen LogP contribution in [-0.4, -0.2) is 35.6 Å². The van der Waals surface area contributed by atoms with Gasteiger partial charge < -0.3 is 15.5 Å². The van der Waals surface area contributed by atoms with E-state index in [0.717, 1.165) is 23.0 Å². The summed E-state index contributed by atoms with van der Waals surface area (Å²) in [5.41, 5.74) is 0.897. The van der Waals surface area contributed by atoms with Gasteiger partial charge in [0.25, 0.3) is 0 Å². The summed E-state index contributed by atoms with van der Waals surface area (Å²) in [7, 11) is 1.81. The average Bonchev–Trinajstić information content (AvgIpc) is 3.12. The van der Waals surface area contributed by atoms with Crippen molar-refractivity contribution in [3.63, 3.8) is 0 Å². The lowest BCUT2D eigenvalue weighted by Crippen LogP contribution is -2.40. The zero-order valence-corrected chi connectivity index (χ0v) is 13.1. The molecule has 1 amide bonds. The Labute approximate surface area is 126 Å². The molecule has 0 aliphatic heterocycles. The maximum absolute atomic E-state index is 11.7. The average molecular weight is 342 g/mol. The van der Waals surface area contributed by atoms with E-state index < -0.39 is 0 Å². The van der Waals surface area contributed by atoms with Gasteiger partial charge in [-0.3, -0.25) is 4.79 Å². The van der Waals surface area contributed by atoms with Crippen LogP contribution in [0.1, 0.15) is 12.8 Å². The van der Waals surface area contributed by atoms with Gasteiger partial charge >= 0.3 is 0 Å². The smallest absolute Gasteiger partial charge is 0.239 e. The molecular weight excluding hydrogens is 326 g/mol. The Kier molecular flexibility index (Phi) is 4.76. The number of nitrogens with zero attached hydrogens (tertiary/aromatic N) is 1. The maximum Gasteiger partial charge on any atom is 0.239 e. The standard InChI is InChI=1S/C13H16BrN3OS/c1-17(8-12(18)15-10-5-6-10)13(19)16-11-4-2-3-9(14)7-11/h2-4,7,10H,5-6,8H2,1H3,(H,15,18)(H,16,19). The minimum Gasteiger partial charge on any atom is -0.352 e. The molecular formula is C13H16BrN3OS. The van der Waals surface area contributed by atoms with E-state index in [2.05, 4.69) is 26.6 Å². The van der Waals surface area contributed by atoms with Gasteiger partial charge in [0.15, 0.2) is 5.11 Å². The summed E-state index contributed by atoms with van der Waals surface area (Å²) < 4.78 is 0.981. The normalized spacial score (nSPS) is 13.8. The van der Waals surface area contributed by atoms with Crippen LogP contribution < -0.4 is 10.6 Å². The van der Waals surface area contributed by atoms with Crippen LogP contribution in [0.2, 0.25) is 0 Å². The number of carbonyl (C=O) groups is 1. The second-order valence-electron chi connectivity index (χ2n) is 4.64. The molecule has 0 radical (unpaired) electrons. The highest BCUT2D eigenvalue weighted by atomic mass is 79.9. The van der Waals surface area contributed by atoms with Gasteiger partial charge in [-0.15, -0.1) is 0 Å². The van der Waals surface area contributed by atoms with Gasteiger partial charge in [-0.2, -0.15) is 0 Å². The zero-order chi connectivity index (χ0) is 13.8. The molecule has 1 aliphatic carbocycles. The molecule has 0 heterocycles. The first-order valence-corrected chi connectivity index (χ1v) is 7.32. The predicted molar refractivity (Wildman–Crippen MR) is 84.2 cm³/mol. The Hall–Kier alpha value is -1.14. The van der Waals surface area contributed by atoms with Crippen molar-refractivity contribution in [2.75, 3.05) is 18.9 Å². The molecule has 1 aromatic carbocycles. The fourth-order valence-corrected chi connectivity index (χ4v) is 2.15. The summed E-state index contributed by atoms with van der Waals surface area (Å²) in [6, 6.07) is 8.11. The Morgan fingerprint density at radius 2 is 2.26 bits per heavy atom. The number of amides is 1. The van der Waals surface area contributed by atoms with E-state index >= 15 is 0 Å². The molecule has 1 aromatic rings. The van der Waals surface area contributed by atoms with Crippen LogP contribution in [0.15, 0.2) is 28.7 Å². The van der Waals surface area contributed by atoms with Crippen molar-refractivity contribution in [2.24, 2.45) is 0 Å². The number of likely N-dealkylation sites (N-methyl/N-ethyl adjacent to an activating group) is 1. The van der Waals surface area contributed by atoms with Crippen LogP contribution >= 0.6 is 28.1 Å². The number of thiocarbonyl (C=S) groups is 1. The monoisotopic (exact) mass is 341 g/mol. The molecule has 1 aliphatic rings. The first kappa shape index (κ1) is 14.3. The van der Waals surface area contributed by atoms with Crippen molar-refractivity contribution in [2.45, 2.75) is 18.9 Å². The SMILES string of the molecule is CN(CC(=O)NC1CC1)C(=S)Nc1cccc(Br)c1. The number of benzene rings is 1. The van der Waals surface area contributed by atoms with E-state index in [4.69, 9.17) is 12.2 Å². The van der Waals surface area contributed by atoms with Gasteiger partial charge in [0.1, 0.15) is 0 Å². The zero-order valence-electron chi connectivity index (χ0n) is 10.6. The highest BCUT2D eigenvalue weighted by Gasteiger charge is 2.23. The Morgan fingerprint density at radius 3 is 2.89 bits per heavy atom. The molecule has 102 valence electrons. The molecule has 0 bridgehead atoms. The van der Waals surface area contributed by atoms with Gasteiger partial charge in [0.05, 0.1) is 6.54 Å². The molecule has 4 nitrogen and oxygen atoms in total. The fraction of sp³-hybridized carbons (Fsp3) is 0.385. The molecule has 0 aromatic heterocycles. The lowest BCUT2D eigenvalue weighted by Gasteiger charge is -2.20. The third-order valence-corrected chi connectivity index (χ3v) is 3.65. The molecule has 0 unspecified atom stereocenters. The molecule has 0 saturated heterocycles. The van der Waals surface area contributed by atoms with Gasteiger partial charge in [0.2, 0.25) is 5.91 Å². The molecule has 1 saturated carbocycles. The highest BCUT2D eigenvalue weighted by molar-refractivity contribution is 9.10. The number of anilines is 1. The minimum atomic E-state index is 0.0170. The summed E-state index contributed by atoms with van der Waals surface area (Å²) in [5, 5.41) is 6.57. The number of nitrogens with one attached hydrogen (secondary N) is 2. The first-order valence-electron chi connectivity index (χ1n) is 6.11. The van der Waals surface area contributed by atoms with Gasteiger partial charge in [-0.1, -0.05) is 22.0 Å². The van der Waals surface area contributed by atoms with E-state index in [0.29, 0.717) is 11.2 Å². The minimum absolute atomic E-state index is 0.0170. The van der Waals surface area contributed by atoms with Crippen LogP contribution in [0, 0.1) is 0 Å². The molecule has 0 atom stereocenters. The van der Waals surface area contributed by atoms with Gasteiger partial charge in [-0.05, 0) is 43.3 Å². The second kappa shape index (κ2) is 6.34. The van der Waals surface area contributed by atoms with Crippen LogP contribution in [0.3, 0.4) is 0 Å². The maximum atomic E-state index is 11.7. The number of rotatable bonds is 4. The van der Waals surface area contributed by atoms with E-state index in [1.54, 1.807) is 11.9 Å². The third kappa shape index (κ3) is 4.80. The molecule has 0 spiro atoms. The Morgan fingerprint density at radius 1 is 1.53 bits per heavy atom.